The predicted octanol–water partition coefficient (Wildman–Crippen LogP) is 5.14. The standard InChI is InChI=1S/C29H30N2O3/c1-21-12-14-22(15-13-21)20-34-29(33)31-25-16-17-26(31)19-30(18-25)28(32)27(23-8-4-2-5-9-23)24-10-6-3-7-11-24/h2-15,25-27H,16-20H2,1H3/t25-,26+. The molecule has 0 N–H and O–H groups in total. The van der Waals surface area contributed by atoms with Gasteiger partial charge in [0.15, 0.2) is 0 Å². The van der Waals surface area contributed by atoms with E-state index in [2.05, 4.69) is 0 Å². The third-order valence-electron chi connectivity index (χ3n) is 7.00. The van der Waals surface area contributed by atoms with Gasteiger partial charge in [-0.3, -0.25) is 9.69 Å². The number of aryl methyl sites for hydroxylation is 1. The van der Waals surface area contributed by atoms with Gasteiger partial charge in [0.2, 0.25) is 5.91 Å². The second-order valence-electron chi connectivity index (χ2n) is 9.33. The second kappa shape index (κ2) is 9.72. The van der Waals surface area contributed by atoms with Crippen molar-refractivity contribution < 1.29 is 14.3 Å². The summed E-state index contributed by atoms with van der Waals surface area (Å²) in [5, 5.41) is 0. The molecular weight excluding hydrogens is 424 g/mol. The molecule has 2 fully saturated rings. The number of nitrogens with zero attached hydrogens (tertiary/aromatic N) is 2. The van der Waals surface area contributed by atoms with Crippen LogP contribution in [-0.4, -0.2) is 47.0 Å². The maximum atomic E-state index is 13.8. The summed E-state index contributed by atoms with van der Waals surface area (Å²) >= 11 is 0. The van der Waals surface area contributed by atoms with Crippen molar-refractivity contribution in [3.05, 3.63) is 107 Å². The molecule has 0 spiro atoms. The zero-order chi connectivity index (χ0) is 23.5. The minimum atomic E-state index is -0.346. The number of amides is 2. The van der Waals surface area contributed by atoms with E-state index in [0.29, 0.717) is 13.1 Å². The van der Waals surface area contributed by atoms with Crippen molar-refractivity contribution in [3.8, 4) is 0 Å². The molecule has 2 saturated heterocycles. The monoisotopic (exact) mass is 454 g/mol. The molecule has 5 heteroatoms. The van der Waals surface area contributed by atoms with Gasteiger partial charge in [0.1, 0.15) is 6.61 Å². The Morgan fingerprint density at radius 1 is 0.824 bits per heavy atom. The molecule has 0 unspecified atom stereocenters. The first-order chi connectivity index (χ1) is 16.6. The first-order valence-corrected chi connectivity index (χ1v) is 12.0. The van der Waals surface area contributed by atoms with Crippen LogP contribution < -0.4 is 0 Å². The molecule has 2 amide bonds. The number of benzene rings is 3. The Morgan fingerprint density at radius 2 is 1.35 bits per heavy atom. The van der Waals surface area contributed by atoms with Gasteiger partial charge < -0.3 is 9.64 Å². The number of fused-ring (bicyclic) bond motifs is 2. The lowest BCUT2D eigenvalue weighted by molar-refractivity contribution is -0.135. The maximum absolute atomic E-state index is 13.8. The second-order valence-corrected chi connectivity index (χ2v) is 9.33. The van der Waals surface area contributed by atoms with E-state index in [9.17, 15) is 9.59 Å². The minimum absolute atomic E-state index is 0.000384. The van der Waals surface area contributed by atoms with Crippen molar-refractivity contribution >= 4 is 12.0 Å². The topological polar surface area (TPSA) is 49.9 Å². The molecule has 34 heavy (non-hydrogen) atoms. The number of likely N-dealkylation sites (tertiary alicyclic amines) is 1. The average Bonchev–Trinajstić information content (AvgIpc) is 3.14. The smallest absolute Gasteiger partial charge is 0.410 e. The zero-order valence-electron chi connectivity index (χ0n) is 19.5. The van der Waals surface area contributed by atoms with E-state index < -0.39 is 0 Å². The van der Waals surface area contributed by atoms with Crippen molar-refractivity contribution in [1.82, 2.24) is 9.80 Å². The van der Waals surface area contributed by atoms with Crippen LogP contribution in [-0.2, 0) is 16.1 Å². The fourth-order valence-corrected chi connectivity index (χ4v) is 5.24. The Bertz CT molecular complexity index is 1080. The van der Waals surface area contributed by atoms with Crippen LogP contribution in [0.2, 0.25) is 0 Å². The van der Waals surface area contributed by atoms with Crippen molar-refractivity contribution in [2.75, 3.05) is 13.1 Å². The zero-order valence-corrected chi connectivity index (χ0v) is 19.5. The van der Waals surface area contributed by atoms with Crippen LogP contribution in [0.15, 0.2) is 84.9 Å². The van der Waals surface area contributed by atoms with Gasteiger partial charge in [0, 0.05) is 13.1 Å². The van der Waals surface area contributed by atoms with Gasteiger partial charge in [0.25, 0.3) is 0 Å². The van der Waals surface area contributed by atoms with Gasteiger partial charge in [-0.1, -0.05) is 90.5 Å². The van der Waals surface area contributed by atoms with Crippen LogP contribution in [0.3, 0.4) is 0 Å². The van der Waals surface area contributed by atoms with Crippen LogP contribution in [0.1, 0.15) is 41.0 Å². The Kier molecular flexibility index (Phi) is 6.35. The lowest BCUT2D eigenvalue weighted by Gasteiger charge is -2.41. The molecule has 0 aromatic heterocycles. The molecule has 2 bridgehead atoms. The minimum Gasteiger partial charge on any atom is -0.445 e. The third kappa shape index (κ3) is 4.56. The Morgan fingerprint density at radius 3 is 1.88 bits per heavy atom. The van der Waals surface area contributed by atoms with E-state index in [0.717, 1.165) is 29.5 Å². The number of carbonyl (C=O) groups is 2. The highest BCUT2D eigenvalue weighted by atomic mass is 16.6. The molecule has 2 atom stereocenters. The Labute approximate surface area is 201 Å². The summed E-state index contributed by atoms with van der Waals surface area (Å²) in [6.07, 6.45) is 1.52. The number of hydrogen-bond donors (Lipinski definition) is 0. The van der Waals surface area contributed by atoms with Crippen molar-refractivity contribution in [1.29, 1.82) is 0 Å². The van der Waals surface area contributed by atoms with E-state index in [1.54, 1.807) is 0 Å². The molecule has 2 aliphatic rings. The van der Waals surface area contributed by atoms with Crippen molar-refractivity contribution in [2.24, 2.45) is 0 Å². The normalized spacial score (nSPS) is 19.4. The number of piperazine rings is 1. The highest BCUT2D eigenvalue weighted by Gasteiger charge is 2.45. The fraction of sp³-hybridized carbons (Fsp3) is 0.310. The molecule has 2 aliphatic heterocycles. The lowest BCUT2D eigenvalue weighted by atomic mass is 9.89. The number of hydrogen-bond acceptors (Lipinski definition) is 3. The fourth-order valence-electron chi connectivity index (χ4n) is 5.24. The summed E-state index contributed by atoms with van der Waals surface area (Å²) in [7, 11) is 0. The summed E-state index contributed by atoms with van der Waals surface area (Å²) < 4.78 is 5.65. The maximum Gasteiger partial charge on any atom is 0.410 e. The highest BCUT2D eigenvalue weighted by Crippen LogP contribution is 2.34. The van der Waals surface area contributed by atoms with E-state index >= 15 is 0 Å². The quantitative estimate of drug-likeness (QED) is 0.536. The highest BCUT2D eigenvalue weighted by molar-refractivity contribution is 5.87. The molecular formula is C29H30N2O3. The first-order valence-electron chi connectivity index (χ1n) is 12.0. The summed E-state index contributed by atoms with van der Waals surface area (Å²) in [6, 6.07) is 27.9. The van der Waals surface area contributed by atoms with Gasteiger partial charge in [-0.15, -0.1) is 0 Å². The van der Waals surface area contributed by atoms with Gasteiger partial charge in [-0.25, -0.2) is 4.79 Å². The molecule has 0 aliphatic carbocycles. The van der Waals surface area contributed by atoms with Crippen molar-refractivity contribution in [2.45, 2.75) is 44.4 Å². The molecule has 5 rings (SSSR count). The Balaban J connectivity index is 1.29. The molecule has 3 aromatic carbocycles. The van der Waals surface area contributed by atoms with Crippen molar-refractivity contribution in [3.63, 3.8) is 0 Å². The third-order valence-corrected chi connectivity index (χ3v) is 7.00. The average molecular weight is 455 g/mol. The molecule has 3 aromatic rings. The van der Waals surface area contributed by atoms with E-state index in [1.165, 1.54) is 5.56 Å². The van der Waals surface area contributed by atoms with E-state index in [4.69, 9.17) is 4.74 Å². The van der Waals surface area contributed by atoms with Crippen LogP contribution in [0, 0.1) is 6.92 Å². The van der Waals surface area contributed by atoms with Gasteiger partial charge in [0.05, 0.1) is 18.0 Å². The summed E-state index contributed by atoms with van der Waals surface area (Å²) in [5.41, 5.74) is 4.14. The predicted molar refractivity (Wildman–Crippen MR) is 131 cm³/mol. The molecule has 5 nitrogen and oxygen atoms in total. The number of carbonyl (C=O) groups excluding carboxylic acids is 2. The van der Waals surface area contributed by atoms with Gasteiger partial charge in [-0.05, 0) is 36.5 Å². The number of ether oxygens (including phenoxy) is 1. The van der Waals surface area contributed by atoms with Crippen LogP contribution >= 0.6 is 0 Å². The van der Waals surface area contributed by atoms with E-state index in [1.807, 2.05) is 102 Å². The number of rotatable bonds is 5. The summed E-state index contributed by atoms with van der Waals surface area (Å²) in [4.78, 5) is 30.6. The van der Waals surface area contributed by atoms with Crippen LogP contribution in [0.5, 0.6) is 0 Å². The van der Waals surface area contributed by atoms with Crippen LogP contribution in [0.25, 0.3) is 0 Å². The lowest BCUT2D eigenvalue weighted by Crippen LogP contribution is -2.57. The molecule has 2 heterocycles. The largest absolute Gasteiger partial charge is 0.445 e. The summed E-state index contributed by atoms with van der Waals surface area (Å²) in [5.74, 6) is -0.246. The molecule has 0 saturated carbocycles. The van der Waals surface area contributed by atoms with Gasteiger partial charge >= 0.3 is 6.09 Å². The van der Waals surface area contributed by atoms with E-state index in [-0.39, 0.29) is 36.6 Å². The summed E-state index contributed by atoms with van der Waals surface area (Å²) in [6.45, 7) is 3.40. The molecule has 174 valence electrons. The van der Waals surface area contributed by atoms with Gasteiger partial charge in [-0.2, -0.15) is 0 Å². The SMILES string of the molecule is Cc1ccc(COC(=O)N2[C@@H]3CC[C@H]2CN(C(=O)C(c2ccccc2)c2ccccc2)C3)cc1. The molecule has 0 radical (unpaired) electrons. The Hall–Kier alpha value is -3.60. The van der Waals surface area contributed by atoms with Crippen LogP contribution in [0.4, 0.5) is 4.79 Å². The first kappa shape index (κ1) is 22.2.